The monoisotopic (exact) mass is 246 g/mol. The van der Waals surface area contributed by atoms with Crippen molar-refractivity contribution in [2.45, 2.75) is 26.2 Å². The van der Waals surface area contributed by atoms with Crippen LogP contribution in [0.1, 0.15) is 26.2 Å². The first-order valence-corrected chi connectivity index (χ1v) is 6.81. The topological polar surface area (TPSA) is 37.0 Å². The molecule has 0 radical (unpaired) electrons. The van der Waals surface area contributed by atoms with Crippen LogP contribution in [-0.4, -0.2) is 24.7 Å². The molecule has 1 aromatic heterocycles. The van der Waals surface area contributed by atoms with Crippen LogP contribution in [0.5, 0.6) is 5.75 Å². The molecule has 0 aliphatic rings. The predicted molar refractivity (Wildman–Crippen MR) is 76.2 cm³/mol. The number of benzene rings is 1. The van der Waals surface area contributed by atoms with Crippen molar-refractivity contribution in [2.75, 3.05) is 19.7 Å². The van der Waals surface area contributed by atoms with Crippen LogP contribution in [0.2, 0.25) is 0 Å². The third kappa shape index (κ3) is 3.77. The summed E-state index contributed by atoms with van der Waals surface area (Å²) in [6.45, 7) is 5.12. The van der Waals surface area contributed by atoms with Crippen LogP contribution in [0.4, 0.5) is 0 Å². The maximum Gasteiger partial charge on any atom is 0.121 e. The van der Waals surface area contributed by atoms with Crippen molar-refractivity contribution in [3.05, 3.63) is 30.5 Å². The number of H-pyrrole nitrogens is 1. The Bertz CT molecular complexity index is 464. The third-order valence-corrected chi connectivity index (χ3v) is 3.04. The first kappa shape index (κ1) is 13.0. The quantitative estimate of drug-likeness (QED) is 0.701. The van der Waals surface area contributed by atoms with Gasteiger partial charge in [0, 0.05) is 17.8 Å². The van der Waals surface area contributed by atoms with E-state index >= 15 is 0 Å². The van der Waals surface area contributed by atoms with Gasteiger partial charge in [0.2, 0.25) is 0 Å². The van der Waals surface area contributed by atoms with Crippen molar-refractivity contribution in [3.8, 4) is 5.75 Å². The van der Waals surface area contributed by atoms with Crippen molar-refractivity contribution >= 4 is 10.9 Å². The summed E-state index contributed by atoms with van der Waals surface area (Å²) in [4.78, 5) is 3.20. The number of rotatable bonds is 8. The Morgan fingerprint density at radius 2 is 2.11 bits per heavy atom. The number of aromatic amines is 1. The lowest BCUT2D eigenvalue weighted by molar-refractivity contribution is 0.305. The molecule has 1 aromatic carbocycles. The summed E-state index contributed by atoms with van der Waals surface area (Å²) in [6, 6.07) is 8.26. The minimum atomic E-state index is 0.804. The molecule has 2 N–H and O–H groups in total. The summed E-state index contributed by atoms with van der Waals surface area (Å²) >= 11 is 0. The van der Waals surface area contributed by atoms with E-state index in [-0.39, 0.29) is 0 Å². The molecule has 1 heterocycles. The first-order valence-electron chi connectivity index (χ1n) is 6.81. The van der Waals surface area contributed by atoms with Crippen molar-refractivity contribution < 1.29 is 4.74 Å². The average Bonchev–Trinajstić information content (AvgIpc) is 2.85. The number of ether oxygens (including phenoxy) is 1. The van der Waals surface area contributed by atoms with Crippen LogP contribution in [0.25, 0.3) is 10.9 Å². The molecule has 3 heteroatoms. The molecule has 0 atom stereocenters. The molecule has 3 nitrogen and oxygen atoms in total. The van der Waals surface area contributed by atoms with Crippen LogP contribution in [0.3, 0.4) is 0 Å². The van der Waals surface area contributed by atoms with E-state index in [9.17, 15) is 0 Å². The summed E-state index contributed by atoms with van der Waals surface area (Å²) in [5.41, 5.74) is 1.14. The predicted octanol–water partition coefficient (Wildman–Crippen LogP) is 3.33. The van der Waals surface area contributed by atoms with E-state index in [4.69, 9.17) is 4.74 Å². The SMILES string of the molecule is CCNCCCCCOc1ccc2cc[nH]c2c1. The van der Waals surface area contributed by atoms with Gasteiger partial charge in [-0.05, 0) is 55.9 Å². The molecule has 0 amide bonds. The Kier molecular flexibility index (Phi) is 5.09. The molecule has 0 unspecified atom stereocenters. The highest BCUT2D eigenvalue weighted by Gasteiger charge is 1.98. The molecular weight excluding hydrogens is 224 g/mol. The summed E-state index contributed by atoms with van der Waals surface area (Å²) in [6.07, 6.45) is 5.52. The number of aromatic nitrogens is 1. The molecule has 0 bridgehead atoms. The molecule has 0 saturated carbocycles. The molecule has 18 heavy (non-hydrogen) atoms. The minimum absolute atomic E-state index is 0.804. The number of hydrogen-bond acceptors (Lipinski definition) is 2. The fourth-order valence-corrected chi connectivity index (χ4v) is 2.01. The van der Waals surface area contributed by atoms with E-state index in [1.165, 1.54) is 18.2 Å². The van der Waals surface area contributed by atoms with Crippen molar-refractivity contribution in [2.24, 2.45) is 0 Å². The Hall–Kier alpha value is -1.48. The number of unbranched alkanes of at least 4 members (excludes halogenated alkanes) is 2. The molecule has 2 rings (SSSR count). The zero-order chi connectivity index (χ0) is 12.6. The van der Waals surface area contributed by atoms with E-state index in [1.54, 1.807) is 0 Å². The first-order chi connectivity index (χ1) is 8.90. The Balaban J connectivity index is 1.67. The normalized spacial score (nSPS) is 10.9. The Labute approximate surface area is 109 Å². The fraction of sp³-hybridized carbons (Fsp3) is 0.467. The summed E-state index contributed by atoms with van der Waals surface area (Å²) in [5, 5.41) is 4.56. The molecule has 2 aromatic rings. The molecule has 0 spiro atoms. The molecule has 0 aliphatic heterocycles. The number of nitrogens with one attached hydrogen (secondary N) is 2. The second-order valence-electron chi connectivity index (χ2n) is 4.49. The van der Waals surface area contributed by atoms with Crippen LogP contribution in [0.15, 0.2) is 30.5 Å². The van der Waals surface area contributed by atoms with Crippen molar-refractivity contribution in [1.82, 2.24) is 10.3 Å². The van der Waals surface area contributed by atoms with Gasteiger partial charge >= 0.3 is 0 Å². The van der Waals surface area contributed by atoms with Gasteiger partial charge in [0.15, 0.2) is 0 Å². The maximum atomic E-state index is 5.75. The van der Waals surface area contributed by atoms with E-state index in [1.807, 2.05) is 12.3 Å². The second-order valence-corrected chi connectivity index (χ2v) is 4.49. The number of fused-ring (bicyclic) bond motifs is 1. The zero-order valence-electron chi connectivity index (χ0n) is 11.0. The molecule has 98 valence electrons. The lowest BCUT2D eigenvalue weighted by atomic mass is 10.2. The van der Waals surface area contributed by atoms with E-state index in [2.05, 4.69) is 35.4 Å². The van der Waals surface area contributed by atoms with E-state index in [0.717, 1.165) is 37.4 Å². The van der Waals surface area contributed by atoms with Gasteiger partial charge in [0.1, 0.15) is 5.75 Å². The number of hydrogen-bond donors (Lipinski definition) is 2. The highest BCUT2D eigenvalue weighted by molar-refractivity contribution is 5.80. The Morgan fingerprint density at radius 1 is 1.17 bits per heavy atom. The lowest BCUT2D eigenvalue weighted by Crippen LogP contribution is -2.14. The van der Waals surface area contributed by atoms with Gasteiger partial charge in [-0.1, -0.05) is 6.92 Å². The molecular formula is C15H22N2O. The van der Waals surface area contributed by atoms with Gasteiger partial charge in [-0.2, -0.15) is 0 Å². The van der Waals surface area contributed by atoms with Crippen LogP contribution < -0.4 is 10.1 Å². The Morgan fingerprint density at radius 3 is 3.00 bits per heavy atom. The molecule has 0 saturated heterocycles. The second kappa shape index (κ2) is 7.07. The van der Waals surface area contributed by atoms with Crippen LogP contribution in [0, 0.1) is 0 Å². The van der Waals surface area contributed by atoms with Gasteiger partial charge in [0.05, 0.1) is 6.61 Å². The highest BCUT2D eigenvalue weighted by Crippen LogP contribution is 2.19. The fourth-order valence-electron chi connectivity index (χ4n) is 2.01. The van der Waals surface area contributed by atoms with Crippen LogP contribution >= 0.6 is 0 Å². The van der Waals surface area contributed by atoms with E-state index in [0.29, 0.717) is 0 Å². The van der Waals surface area contributed by atoms with Gasteiger partial charge < -0.3 is 15.0 Å². The van der Waals surface area contributed by atoms with Gasteiger partial charge in [-0.25, -0.2) is 0 Å². The van der Waals surface area contributed by atoms with Crippen molar-refractivity contribution in [3.63, 3.8) is 0 Å². The minimum Gasteiger partial charge on any atom is -0.494 e. The maximum absolute atomic E-state index is 5.75. The summed E-state index contributed by atoms with van der Waals surface area (Å²) < 4.78 is 5.75. The van der Waals surface area contributed by atoms with Gasteiger partial charge in [0.25, 0.3) is 0 Å². The molecule has 0 aliphatic carbocycles. The van der Waals surface area contributed by atoms with Gasteiger partial charge in [-0.15, -0.1) is 0 Å². The highest BCUT2D eigenvalue weighted by atomic mass is 16.5. The smallest absolute Gasteiger partial charge is 0.121 e. The molecule has 0 fully saturated rings. The zero-order valence-corrected chi connectivity index (χ0v) is 11.0. The van der Waals surface area contributed by atoms with Crippen molar-refractivity contribution in [1.29, 1.82) is 0 Å². The average molecular weight is 246 g/mol. The van der Waals surface area contributed by atoms with E-state index < -0.39 is 0 Å². The standard InChI is InChI=1S/C15H22N2O/c1-2-16-9-4-3-5-11-18-14-7-6-13-8-10-17-15(13)12-14/h6-8,10,12,16-17H,2-5,9,11H2,1H3. The lowest BCUT2D eigenvalue weighted by Gasteiger charge is -2.06. The third-order valence-electron chi connectivity index (χ3n) is 3.04. The van der Waals surface area contributed by atoms with Crippen LogP contribution in [-0.2, 0) is 0 Å². The largest absolute Gasteiger partial charge is 0.494 e. The van der Waals surface area contributed by atoms with Gasteiger partial charge in [-0.3, -0.25) is 0 Å². The summed E-state index contributed by atoms with van der Waals surface area (Å²) in [5.74, 6) is 0.955. The summed E-state index contributed by atoms with van der Waals surface area (Å²) in [7, 11) is 0.